The molecule has 34 heavy (non-hydrogen) atoms. The van der Waals surface area contributed by atoms with Crippen molar-refractivity contribution in [2.45, 2.75) is 33.1 Å². The zero-order chi connectivity index (χ0) is 24.4. The molecular formula is C29H23F5. The zero-order valence-electron chi connectivity index (χ0n) is 18.8. The number of alkyl halides is 2. The number of hydrogen-bond donors (Lipinski definition) is 0. The second-order valence-electron chi connectivity index (χ2n) is 8.27. The molecule has 0 bridgehead atoms. The Morgan fingerprint density at radius 2 is 1.00 bits per heavy atom. The number of rotatable bonds is 6. The molecule has 4 rings (SSSR count). The van der Waals surface area contributed by atoms with Gasteiger partial charge in [0.1, 0.15) is 5.82 Å². The molecule has 0 aromatic heterocycles. The summed E-state index contributed by atoms with van der Waals surface area (Å²) in [5, 5.41) is 0. The zero-order valence-corrected chi connectivity index (χ0v) is 18.8. The van der Waals surface area contributed by atoms with Crippen LogP contribution in [0.2, 0.25) is 0 Å². The molecule has 0 nitrogen and oxygen atoms in total. The van der Waals surface area contributed by atoms with E-state index < -0.39 is 29.4 Å². The highest BCUT2D eigenvalue weighted by molar-refractivity contribution is 5.75. The summed E-state index contributed by atoms with van der Waals surface area (Å²) in [5.74, 6) is -2.91. The van der Waals surface area contributed by atoms with Crippen LogP contribution >= 0.6 is 0 Å². The van der Waals surface area contributed by atoms with E-state index in [1.807, 2.05) is 12.1 Å². The monoisotopic (exact) mass is 466 g/mol. The predicted octanol–water partition coefficient (Wildman–Crippen LogP) is 9.30. The average Bonchev–Trinajstić information content (AvgIpc) is 2.82. The second kappa shape index (κ2) is 9.80. The van der Waals surface area contributed by atoms with Crippen LogP contribution in [-0.2, 0) is 6.42 Å². The van der Waals surface area contributed by atoms with E-state index in [4.69, 9.17) is 0 Å². The average molecular weight is 466 g/mol. The Hall–Kier alpha value is -3.47. The smallest absolute Gasteiger partial charge is 0.206 e. The van der Waals surface area contributed by atoms with Crippen LogP contribution in [0.3, 0.4) is 0 Å². The first-order valence-electron chi connectivity index (χ1n) is 11.1. The third kappa shape index (κ3) is 4.47. The van der Waals surface area contributed by atoms with Gasteiger partial charge in [0.15, 0.2) is 11.6 Å². The lowest BCUT2D eigenvalue weighted by Gasteiger charge is -2.13. The first kappa shape index (κ1) is 23.7. The van der Waals surface area contributed by atoms with Crippen molar-refractivity contribution in [1.29, 1.82) is 0 Å². The first-order chi connectivity index (χ1) is 16.3. The largest absolute Gasteiger partial charge is 0.266 e. The van der Waals surface area contributed by atoms with Gasteiger partial charge in [0, 0.05) is 16.7 Å². The highest BCUT2D eigenvalue weighted by Gasteiger charge is 2.21. The topological polar surface area (TPSA) is 0 Å². The van der Waals surface area contributed by atoms with Crippen LogP contribution in [-0.4, -0.2) is 0 Å². The van der Waals surface area contributed by atoms with Gasteiger partial charge >= 0.3 is 0 Å². The SMILES string of the molecule is CCCc1ccc(-c2ccc(-c3ccc(-c4ccc(C)c(C(F)F)c4F)cc3)c(F)c2F)cc1. The van der Waals surface area contributed by atoms with Crippen molar-refractivity contribution >= 4 is 0 Å². The highest BCUT2D eigenvalue weighted by Crippen LogP contribution is 2.35. The molecule has 0 aliphatic heterocycles. The van der Waals surface area contributed by atoms with E-state index >= 15 is 0 Å². The van der Waals surface area contributed by atoms with Gasteiger partial charge in [-0.25, -0.2) is 22.0 Å². The van der Waals surface area contributed by atoms with Gasteiger partial charge in [-0.2, -0.15) is 0 Å². The Labute approximate surface area is 195 Å². The van der Waals surface area contributed by atoms with E-state index in [2.05, 4.69) is 6.92 Å². The van der Waals surface area contributed by atoms with Gasteiger partial charge in [-0.3, -0.25) is 0 Å². The minimum Gasteiger partial charge on any atom is -0.206 e. The van der Waals surface area contributed by atoms with E-state index in [1.165, 1.54) is 55.5 Å². The van der Waals surface area contributed by atoms with E-state index in [0.717, 1.165) is 18.4 Å². The summed E-state index contributed by atoms with van der Waals surface area (Å²) in [4.78, 5) is 0. The molecule has 0 N–H and O–H groups in total. The third-order valence-electron chi connectivity index (χ3n) is 6.01. The molecule has 0 saturated carbocycles. The minimum absolute atomic E-state index is 0.0287. The van der Waals surface area contributed by atoms with Crippen LogP contribution in [0.15, 0.2) is 72.8 Å². The van der Waals surface area contributed by atoms with Crippen LogP contribution in [0, 0.1) is 24.4 Å². The van der Waals surface area contributed by atoms with Crippen molar-refractivity contribution in [3.8, 4) is 33.4 Å². The molecule has 0 aliphatic carbocycles. The van der Waals surface area contributed by atoms with Crippen molar-refractivity contribution in [3.05, 3.63) is 107 Å². The summed E-state index contributed by atoms with van der Waals surface area (Å²) >= 11 is 0. The van der Waals surface area contributed by atoms with Gasteiger partial charge in [-0.1, -0.05) is 86.1 Å². The van der Waals surface area contributed by atoms with Crippen molar-refractivity contribution in [2.24, 2.45) is 0 Å². The van der Waals surface area contributed by atoms with Crippen LogP contribution in [0.5, 0.6) is 0 Å². The molecule has 174 valence electrons. The number of hydrogen-bond acceptors (Lipinski definition) is 0. The second-order valence-corrected chi connectivity index (χ2v) is 8.27. The molecule has 0 spiro atoms. The van der Waals surface area contributed by atoms with Gasteiger partial charge in [-0.05, 0) is 41.2 Å². The number of halogens is 5. The van der Waals surface area contributed by atoms with Crippen LogP contribution < -0.4 is 0 Å². The maximum Gasteiger partial charge on any atom is 0.266 e. The predicted molar refractivity (Wildman–Crippen MR) is 126 cm³/mol. The summed E-state index contributed by atoms with van der Waals surface area (Å²) in [5.41, 5.74) is 2.28. The van der Waals surface area contributed by atoms with E-state index in [9.17, 15) is 22.0 Å². The first-order valence-corrected chi connectivity index (χ1v) is 11.1. The summed E-state index contributed by atoms with van der Waals surface area (Å²) in [6, 6.07) is 19.4. The van der Waals surface area contributed by atoms with Gasteiger partial charge < -0.3 is 0 Å². The molecule has 0 amide bonds. The van der Waals surface area contributed by atoms with Crippen LogP contribution in [0.1, 0.15) is 36.5 Å². The van der Waals surface area contributed by atoms with Gasteiger partial charge in [0.25, 0.3) is 6.43 Å². The van der Waals surface area contributed by atoms with Crippen molar-refractivity contribution in [1.82, 2.24) is 0 Å². The fourth-order valence-corrected chi connectivity index (χ4v) is 4.14. The van der Waals surface area contributed by atoms with Gasteiger partial charge in [-0.15, -0.1) is 0 Å². The molecule has 0 radical (unpaired) electrons. The summed E-state index contributed by atoms with van der Waals surface area (Å²) in [7, 11) is 0. The number of aryl methyl sites for hydroxylation is 2. The maximum atomic E-state index is 15.0. The van der Waals surface area contributed by atoms with Crippen molar-refractivity contribution in [2.75, 3.05) is 0 Å². The van der Waals surface area contributed by atoms with E-state index in [-0.39, 0.29) is 22.3 Å². The van der Waals surface area contributed by atoms with E-state index in [1.54, 1.807) is 12.1 Å². The minimum atomic E-state index is -2.93. The van der Waals surface area contributed by atoms with Gasteiger partial charge in [0.2, 0.25) is 0 Å². The lowest BCUT2D eigenvalue weighted by atomic mass is 9.95. The Morgan fingerprint density at radius 3 is 1.44 bits per heavy atom. The molecule has 5 heteroatoms. The highest BCUT2D eigenvalue weighted by atomic mass is 19.3. The lowest BCUT2D eigenvalue weighted by Crippen LogP contribution is -1.98. The quantitative estimate of drug-likeness (QED) is 0.248. The molecule has 0 heterocycles. The Kier molecular flexibility index (Phi) is 6.82. The maximum absolute atomic E-state index is 15.0. The normalized spacial score (nSPS) is 11.3. The fourth-order valence-electron chi connectivity index (χ4n) is 4.14. The standard InChI is InChI=1S/C29H23F5/c1-3-4-18-6-8-19(9-7-18)23-15-16-24(28(32)27(23)31)21-12-10-20(11-13-21)22-14-5-17(2)25(26(22)30)29(33)34/h5-16,29H,3-4H2,1-2H3. The fraction of sp³-hybridized carbons (Fsp3) is 0.172. The molecule has 0 fully saturated rings. The molecule has 0 atom stereocenters. The summed E-state index contributed by atoms with van der Waals surface area (Å²) < 4.78 is 71.1. The molecular weight excluding hydrogens is 443 g/mol. The molecule has 4 aromatic carbocycles. The third-order valence-corrected chi connectivity index (χ3v) is 6.01. The molecule has 0 saturated heterocycles. The van der Waals surface area contributed by atoms with Gasteiger partial charge in [0.05, 0.1) is 5.56 Å². The Balaban J connectivity index is 1.66. The number of benzene rings is 4. The van der Waals surface area contributed by atoms with Crippen LogP contribution in [0.4, 0.5) is 22.0 Å². The summed E-state index contributed by atoms with van der Waals surface area (Å²) in [6.45, 7) is 3.50. The Morgan fingerprint density at radius 1 is 0.588 bits per heavy atom. The molecule has 0 unspecified atom stereocenters. The van der Waals surface area contributed by atoms with E-state index in [0.29, 0.717) is 16.7 Å². The Bertz CT molecular complexity index is 1310. The molecule has 4 aromatic rings. The van der Waals surface area contributed by atoms with Crippen molar-refractivity contribution < 1.29 is 22.0 Å². The van der Waals surface area contributed by atoms with Crippen molar-refractivity contribution in [3.63, 3.8) is 0 Å². The molecule has 0 aliphatic rings. The van der Waals surface area contributed by atoms with Crippen LogP contribution in [0.25, 0.3) is 33.4 Å². The summed E-state index contributed by atoms with van der Waals surface area (Å²) in [6.07, 6.45) is -1.01. The lowest BCUT2D eigenvalue weighted by molar-refractivity contribution is 0.145.